The third kappa shape index (κ3) is 4.55. The predicted octanol–water partition coefficient (Wildman–Crippen LogP) is 3.95. The number of aromatic hydroxyl groups is 1. The van der Waals surface area contributed by atoms with Crippen molar-refractivity contribution >= 4 is 22.0 Å². The minimum absolute atomic E-state index is 0.134. The van der Waals surface area contributed by atoms with E-state index in [1.165, 1.54) is 5.57 Å². The number of ether oxygens (including phenoxy) is 1. The molecule has 1 rings (SSSR count). The molecule has 1 unspecified atom stereocenters. The number of nitrogens with one attached hydrogen (secondary N) is 1. The summed E-state index contributed by atoms with van der Waals surface area (Å²) >= 11 is 3.33. The minimum atomic E-state index is 0.134. The SMILES string of the molecule is CCCNC(C)/C(C)=C/c1cc(Br)c(O)c(OC)c1. The lowest BCUT2D eigenvalue weighted by atomic mass is 10.1. The first-order valence-electron chi connectivity index (χ1n) is 6.47. The zero-order valence-electron chi connectivity index (χ0n) is 12.0. The van der Waals surface area contributed by atoms with Gasteiger partial charge < -0.3 is 15.2 Å². The first-order chi connectivity index (χ1) is 8.99. The van der Waals surface area contributed by atoms with Crippen molar-refractivity contribution in [2.75, 3.05) is 13.7 Å². The van der Waals surface area contributed by atoms with Crippen molar-refractivity contribution in [3.05, 3.63) is 27.7 Å². The highest BCUT2D eigenvalue weighted by Gasteiger charge is 2.09. The quantitative estimate of drug-likeness (QED) is 0.831. The van der Waals surface area contributed by atoms with Crippen LogP contribution >= 0.6 is 15.9 Å². The number of phenolic OH excluding ortho intramolecular Hbond substituents is 1. The molecule has 0 heterocycles. The van der Waals surface area contributed by atoms with Gasteiger partial charge in [-0.2, -0.15) is 0 Å². The molecule has 2 N–H and O–H groups in total. The number of phenols is 1. The van der Waals surface area contributed by atoms with E-state index in [1.807, 2.05) is 12.1 Å². The highest BCUT2D eigenvalue weighted by Crippen LogP contribution is 2.35. The Morgan fingerprint density at radius 3 is 2.79 bits per heavy atom. The van der Waals surface area contributed by atoms with Gasteiger partial charge in [0.2, 0.25) is 0 Å². The molecule has 3 nitrogen and oxygen atoms in total. The van der Waals surface area contributed by atoms with Gasteiger partial charge in [0.05, 0.1) is 11.6 Å². The van der Waals surface area contributed by atoms with Crippen LogP contribution < -0.4 is 10.1 Å². The smallest absolute Gasteiger partial charge is 0.172 e. The van der Waals surface area contributed by atoms with E-state index in [9.17, 15) is 5.11 Å². The van der Waals surface area contributed by atoms with Crippen LogP contribution in [0.4, 0.5) is 0 Å². The first kappa shape index (κ1) is 16.1. The number of hydrogen-bond donors (Lipinski definition) is 2. The van der Waals surface area contributed by atoms with E-state index in [2.05, 4.69) is 48.1 Å². The minimum Gasteiger partial charge on any atom is -0.503 e. The average molecular weight is 328 g/mol. The van der Waals surface area contributed by atoms with Crippen molar-refractivity contribution in [2.24, 2.45) is 0 Å². The highest BCUT2D eigenvalue weighted by atomic mass is 79.9. The molecule has 0 spiro atoms. The van der Waals surface area contributed by atoms with Gasteiger partial charge >= 0.3 is 0 Å². The van der Waals surface area contributed by atoms with Crippen molar-refractivity contribution < 1.29 is 9.84 Å². The fraction of sp³-hybridized carbons (Fsp3) is 0.467. The molecular weight excluding hydrogens is 306 g/mol. The Kier molecular flexibility index (Phi) is 6.38. The van der Waals surface area contributed by atoms with Crippen LogP contribution in [0.1, 0.15) is 32.8 Å². The molecule has 0 saturated carbocycles. The summed E-state index contributed by atoms with van der Waals surface area (Å²) in [6.45, 7) is 7.41. The molecule has 0 aliphatic carbocycles. The van der Waals surface area contributed by atoms with Gasteiger partial charge in [-0.3, -0.25) is 0 Å². The zero-order chi connectivity index (χ0) is 14.4. The Morgan fingerprint density at radius 1 is 1.53 bits per heavy atom. The normalized spacial score (nSPS) is 13.4. The van der Waals surface area contributed by atoms with Gasteiger partial charge in [0.1, 0.15) is 0 Å². The molecular formula is C15H22BrNO2. The molecule has 0 aliphatic rings. The summed E-state index contributed by atoms with van der Waals surface area (Å²) in [5, 5.41) is 13.2. The second kappa shape index (κ2) is 7.56. The van der Waals surface area contributed by atoms with Gasteiger partial charge in [-0.05, 0) is 60.4 Å². The molecule has 0 aromatic heterocycles. The van der Waals surface area contributed by atoms with E-state index < -0.39 is 0 Å². The van der Waals surface area contributed by atoms with Gasteiger partial charge in [0.25, 0.3) is 0 Å². The molecule has 1 aromatic rings. The van der Waals surface area contributed by atoms with Gasteiger partial charge in [-0.1, -0.05) is 18.6 Å². The van der Waals surface area contributed by atoms with Gasteiger partial charge in [0.15, 0.2) is 11.5 Å². The maximum atomic E-state index is 9.78. The zero-order valence-corrected chi connectivity index (χ0v) is 13.5. The summed E-state index contributed by atoms with van der Waals surface area (Å²) in [5.74, 6) is 0.608. The molecule has 106 valence electrons. The summed E-state index contributed by atoms with van der Waals surface area (Å²) < 4.78 is 5.79. The maximum Gasteiger partial charge on any atom is 0.172 e. The van der Waals surface area contributed by atoms with Crippen LogP contribution in [0, 0.1) is 0 Å². The van der Waals surface area contributed by atoms with E-state index in [0.29, 0.717) is 16.3 Å². The third-order valence-corrected chi connectivity index (χ3v) is 3.65. The number of rotatable bonds is 6. The molecule has 0 amide bonds. The van der Waals surface area contributed by atoms with Gasteiger partial charge in [-0.15, -0.1) is 0 Å². The molecule has 1 aromatic carbocycles. The fourth-order valence-electron chi connectivity index (χ4n) is 1.74. The monoisotopic (exact) mass is 327 g/mol. The van der Waals surface area contributed by atoms with Crippen LogP contribution in [0.5, 0.6) is 11.5 Å². The first-order valence-corrected chi connectivity index (χ1v) is 7.27. The van der Waals surface area contributed by atoms with Crippen molar-refractivity contribution in [3.63, 3.8) is 0 Å². The number of methoxy groups -OCH3 is 1. The van der Waals surface area contributed by atoms with Gasteiger partial charge in [-0.25, -0.2) is 0 Å². The molecule has 0 fully saturated rings. The lowest BCUT2D eigenvalue weighted by Crippen LogP contribution is -2.27. The Bertz CT molecular complexity index is 458. The maximum absolute atomic E-state index is 9.78. The third-order valence-electron chi connectivity index (χ3n) is 3.05. The van der Waals surface area contributed by atoms with Crippen LogP contribution in [0.3, 0.4) is 0 Å². The van der Waals surface area contributed by atoms with Crippen LogP contribution in [0.15, 0.2) is 22.2 Å². The molecule has 0 saturated heterocycles. The van der Waals surface area contributed by atoms with Crippen LogP contribution in [0.2, 0.25) is 0 Å². The number of hydrogen-bond acceptors (Lipinski definition) is 3. The summed E-state index contributed by atoms with van der Waals surface area (Å²) in [6.07, 6.45) is 3.22. The summed E-state index contributed by atoms with van der Waals surface area (Å²) in [6, 6.07) is 4.04. The Hall–Kier alpha value is -1.00. The lowest BCUT2D eigenvalue weighted by Gasteiger charge is -2.14. The second-order valence-electron chi connectivity index (χ2n) is 4.62. The molecule has 19 heavy (non-hydrogen) atoms. The van der Waals surface area contributed by atoms with E-state index in [4.69, 9.17) is 4.74 Å². The fourth-order valence-corrected chi connectivity index (χ4v) is 2.20. The second-order valence-corrected chi connectivity index (χ2v) is 5.47. The molecule has 0 aliphatic heterocycles. The van der Waals surface area contributed by atoms with Crippen LogP contribution in [-0.4, -0.2) is 24.8 Å². The molecule has 0 radical (unpaired) electrons. The van der Waals surface area contributed by atoms with Crippen molar-refractivity contribution in [1.29, 1.82) is 0 Å². The highest BCUT2D eigenvalue weighted by molar-refractivity contribution is 9.10. The van der Waals surface area contributed by atoms with Gasteiger partial charge in [0, 0.05) is 6.04 Å². The molecule has 4 heteroatoms. The molecule has 0 bridgehead atoms. The van der Waals surface area contributed by atoms with E-state index in [0.717, 1.165) is 18.5 Å². The Labute approximate surface area is 123 Å². The van der Waals surface area contributed by atoms with E-state index in [1.54, 1.807) is 7.11 Å². The lowest BCUT2D eigenvalue weighted by molar-refractivity contribution is 0.372. The van der Waals surface area contributed by atoms with E-state index in [-0.39, 0.29) is 5.75 Å². The Morgan fingerprint density at radius 2 is 2.21 bits per heavy atom. The van der Waals surface area contributed by atoms with Crippen LogP contribution in [-0.2, 0) is 0 Å². The average Bonchev–Trinajstić information content (AvgIpc) is 2.39. The summed E-state index contributed by atoms with van der Waals surface area (Å²) in [5.41, 5.74) is 2.25. The Balaban J connectivity index is 2.94. The van der Waals surface area contributed by atoms with E-state index >= 15 is 0 Å². The van der Waals surface area contributed by atoms with Crippen molar-refractivity contribution in [2.45, 2.75) is 33.2 Å². The predicted molar refractivity (Wildman–Crippen MR) is 83.8 cm³/mol. The molecule has 1 atom stereocenters. The topological polar surface area (TPSA) is 41.5 Å². The van der Waals surface area contributed by atoms with Crippen LogP contribution in [0.25, 0.3) is 6.08 Å². The van der Waals surface area contributed by atoms with Crippen molar-refractivity contribution in [3.8, 4) is 11.5 Å². The largest absolute Gasteiger partial charge is 0.503 e. The number of halogens is 1. The van der Waals surface area contributed by atoms with Crippen molar-refractivity contribution in [1.82, 2.24) is 5.32 Å². The standard InChI is InChI=1S/C15H22BrNO2/c1-5-6-17-11(3)10(2)7-12-8-13(16)15(18)14(9-12)19-4/h7-9,11,17-18H,5-6H2,1-4H3/b10-7+. The summed E-state index contributed by atoms with van der Waals surface area (Å²) in [4.78, 5) is 0. The number of benzene rings is 1. The summed E-state index contributed by atoms with van der Waals surface area (Å²) in [7, 11) is 1.55.